The Morgan fingerprint density at radius 1 is 0.875 bits per heavy atom. The molecule has 1 aromatic heterocycles. The second-order valence-corrected chi connectivity index (χ2v) is 11.4. The Bertz CT molecular complexity index is 1570. The zero-order chi connectivity index (χ0) is 29.7. The summed E-state index contributed by atoms with van der Waals surface area (Å²) in [5, 5.41) is 0. The van der Waals surface area contributed by atoms with Crippen LogP contribution in [-0.4, -0.2) is 49.7 Å². The Morgan fingerprint density at radius 3 is 1.98 bits per heavy atom. The van der Waals surface area contributed by atoms with Crippen LogP contribution in [0.1, 0.15) is 27.9 Å². The van der Waals surface area contributed by atoms with Crippen molar-refractivity contribution < 1.29 is 48.3 Å². The van der Waals surface area contributed by atoms with Gasteiger partial charge in [0.2, 0.25) is 5.56 Å². The van der Waals surface area contributed by atoms with Gasteiger partial charge in [0.25, 0.3) is 5.91 Å². The van der Waals surface area contributed by atoms with E-state index in [9.17, 15) is 53.1 Å². The first-order chi connectivity index (χ1) is 18.4. The molecule has 1 saturated heterocycles. The Labute approximate surface area is 221 Å². The summed E-state index contributed by atoms with van der Waals surface area (Å²) in [6, 6.07) is 7.36. The van der Waals surface area contributed by atoms with E-state index in [0.29, 0.717) is 12.1 Å². The topological polar surface area (TPSA) is 87.3 Å². The molecule has 0 bridgehead atoms. The quantitative estimate of drug-likeness (QED) is 0.332. The maximum atomic E-state index is 14.6. The van der Waals surface area contributed by atoms with E-state index >= 15 is 0 Å². The van der Waals surface area contributed by atoms with Crippen LogP contribution in [0.15, 0.2) is 76.6 Å². The molecule has 6 nitrogen and oxygen atoms in total. The number of amides is 1. The molecule has 1 aliphatic heterocycles. The van der Waals surface area contributed by atoms with Crippen molar-refractivity contribution in [2.45, 2.75) is 34.1 Å². The van der Waals surface area contributed by atoms with Crippen molar-refractivity contribution in [3.63, 3.8) is 0 Å². The molecule has 3 aromatic rings. The SMILES string of the molecule is O=C(c1cc[nH]c(=O)c1)N1CC[C@](c2ccc(C(F)(C(F)(F)F)C(F)(F)F)cc2)(S(=O)(=O)c2ccc(F)cc2)C1. The number of nitrogens with one attached hydrogen (secondary N) is 1. The number of H-pyrrole nitrogens is 1. The van der Waals surface area contributed by atoms with Crippen LogP contribution in [-0.2, 0) is 20.3 Å². The molecule has 0 unspecified atom stereocenters. The molecule has 1 amide bonds. The van der Waals surface area contributed by atoms with Gasteiger partial charge in [-0.25, -0.2) is 17.2 Å². The normalized spacial score (nSPS) is 18.6. The number of aromatic amines is 1. The third-order valence-corrected chi connectivity index (χ3v) is 9.26. The highest BCUT2D eigenvalue weighted by Crippen LogP contribution is 2.53. The maximum absolute atomic E-state index is 14.6. The summed E-state index contributed by atoms with van der Waals surface area (Å²) < 4.78 is 133. The summed E-state index contributed by atoms with van der Waals surface area (Å²) >= 11 is 0. The maximum Gasteiger partial charge on any atom is 0.435 e. The Hall–Kier alpha value is -3.75. The molecule has 0 spiro atoms. The number of hydrogen-bond donors (Lipinski definition) is 1. The lowest BCUT2D eigenvalue weighted by Crippen LogP contribution is -2.50. The van der Waals surface area contributed by atoms with Gasteiger partial charge in [-0.1, -0.05) is 24.3 Å². The molecule has 0 saturated carbocycles. The Kier molecular flexibility index (Phi) is 7.10. The molecule has 15 heteroatoms. The number of likely N-dealkylation sites (tertiary alicyclic amines) is 1. The standard InChI is InChI=1S/C25H18F8N2O4S/c26-18-5-7-19(8-6-18)40(38,39)22(10-12-35(14-22)21(37)15-9-11-34-20(36)13-15)16-1-3-17(4-2-16)23(27,24(28,29)30)25(31,32)33/h1-9,11,13H,10,12,14H2,(H,34,36)/t22-/m0/s1. The van der Waals surface area contributed by atoms with Gasteiger partial charge in [-0.2, -0.15) is 26.3 Å². The number of pyridine rings is 1. The van der Waals surface area contributed by atoms with Crippen LogP contribution in [0.3, 0.4) is 0 Å². The van der Waals surface area contributed by atoms with E-state index in [1.165, 1.54) is 12.3 Å². The lowest BCUT2D eigenvalue weighted by Gasteiger charge is -2.32. The Balaban J connectivity index is 1.84. The lowest BCUT2D eigenvalue weighted by molar-refractivity contribution is -0.348. The highest BCUT2D eigenvalue weighted by atomic mass is 32.2. The van der Waals surface area contributed by atoms with Crippen LogP contribution in [0, 0.1) is 5.82 Å². The number of hydrogen-bond acceptors (Lipinski definition) is 4. The molecule has 1 N–H and O–H groups in total. The third-order valence-electron chi connectivity index (χ3n) is 6.77. The van der Waals surface area contributed by atoms with Crippen LogP contribution in [0.25, 0.3) is 0 Å². The van der Waals surface area contributed by atoms with Crippen molar-refractivity contribution in [3.05, 3.63) is 99.7 Å². The van der Waals surface area contributed by atoms with Crippen molar-refractivity contribution >= 4 is 15.7 Å². The fourth-order valence-electron chi connectivity index (χ4n) is 4.66. The number of aromatic nitrogens is 1. The predicted molar refractivity (Wildman–Crippen MR) is 124 cm³/mol. The zero-order valence-electron chi connectivity index (χ0n) is 20.0. The minimum Gasteiger partial charge on any atom is -0.337 e. The fourth-order valence-corrected chi connectivity index (χ4v) is 6.73. The molecule has 2 aromatic carbocycles. The van der Waals surface area contributed by atoms with Crippen LogP contribution < -0.4 is 5.56 Å². The smallest absolute Gasteiger partial charge is 0.337 e. The van der Waals surface area contributed by atoms with Crippen LogP contribution in [0.4, 0.5) is 35.1 Å². The van der Waals surface area contributed by atoms with Crippen molar-refractivity contribution in [3.8, 4) is 0 Å². The second kappa shape index (κ2) is 9.71. The average molecular weight is 594 g/mol. The van der Waals surface area contributed by atoms with Crippen LogP contribution in [0.5, 0.6) is 0 Å². The summed E-state index contributed by atoms with van der Waals surface area (Å²) in [6.45, 7) is -0.872. The van der Waals surface area contributed by atoms with E-state index in [-0.39, 0.29) is 36.2 Å². The van der Waals surface area contributed by atoms with Gasteiger partial charge in [-0.15, -0.1) is 0 Å². The molecular formula is C25H18F8N2O4S. The molecule has 1 aliphatic rings. The summed E-state index contributed by atoms with van der Waals surface area (Å²) in [6.07, 6.45) is -12.0. The van der Waals surface area contributed by atoms with Gasteiger partial charge in [0, 0.05) is 36.5 Å². The van der Waals surface area contributed by atoms with Gasteiger partial charge in [-0.3, -0.25) is 9.59 Å². The first-order valence-corrected chi connectivity index (χ1v) is 12.8. The number of carbonyl (C=O) groups excluding carboxylic acids is 1. The molecule has 1 fully saturated rings. The number of rotatable bonds is 5. The average Bonchev–Trinajstić information content (AvgIpc) is 3.34. The monoisotopic (exact) mass is 594 g/mol. The third kappa shape index (κ3) is 4.65. The molecule has 1 atom stereocenters. The van der Waals surface area contributed by atoms with Gasteiger partial charge in [0.05, 0.1) is 4.90 Å². The number of benzene rings is 2. The molecule has 2 heterocycles. The number of sulfone groups is 1. The Morgan fingerprint density at radius 2 is 1.45 bits per heavy atom. The molecular weight excluding hydrogens is 576 g/mol. The molecule has 4 rings (SSSR count). The van der Waals surface area contributed by atoms with Crippen molar-refractivity contribution in [2.24, 2.45) is 0 Å². The van der Waals surface area contributed by atoms with Gasteiger partial charge in [0.15, 0.2) is 9.84 Å². The van der Waals surface area contributed by atoms with Crippen molar-refractivity contribution in [1.82, 2.24) is 9.88 Å². The summed E-state index contributed by atoms with van der Waals surface area (Å²) in [5.41, 5.74) is -8.62. The van der Waals surface area contributed by atoms with Gasteiger partial charge in [-0.05, 0) is 42.3 Å². The van der Waals surface area contributed by atoms with E-state index in [1.54, 1.807) is 0 Å². The minimum absolute atomic E-state index is 0.105. The number of halogens is 8. The molecule has 214 valence electrons. The highest BCUT2D eigenvalue weighted by molar-refractivity contribution is 7.92. The van der Waals surface area contributed by atoms with Crippen molar-refractivity contribution in [2.75, 3.05) is 13.1 Å². The number of alkyl halides is 7. The predicted octanol–water partition coefficient (Wildman–Crippen LogP) is 5.02. The molecule has 0 radical (unpaired) electrons. The van der Waals surface area contributed by atoms with E-state index in [0.717, 1.165) is 35.2 Å². The number of carbonyl (C=O) groups is 1. The summed E-state index contributed by atoms with van der Waals surface area (Å²) in [5.74, 6) is -1.55. The number of nitrogens with zero attached hydrogens (tertiary/aromatic N) is 1. The van der Waals surface area contributed by atoms with E-state index in [1.807, 2.05) is 0 Å². The first-order valence-electron chi connectivity index (χ1n) is 11.4. The largest absolute Gasteiger partial charge is 0.435 e. The van der Waals surface area contributed by atoms with Crippen LogP contribution >= 0.6 is 0 Å². The lowest BCUT2D eigenvalue weighted by atomic mass is 9.90. The molecule has 40 heavy (non-hydrogen) atoms. The summed E-state index contributed by atoms with van der Waals surface area (Å²) in [4.78, 5) is 27.6. The minimum atomic E-state index is -6.38. The zero-order valence-corrected chi connectivity index (χ0v) is 20.8. The van der Waals surface area contributed by atoms with E-state index in [4.69, 9.17) is 0 Å². The van der Waals surface area contributed by atoms with Gasteiger partial charge < -0.3 is 9.88 Å². The van der Waals surface area contributed by atoms with Gasteiger partial charge >= 0.3 is 18.0 Å². The van der Waals surface area contributed by atoms with E-state index < -0.39 is 66.9 Å². The highest BCUT2D eigenvalue weighted by Gasteiger charge is 2.73. The van der Waals surface area contributed by atoms with Crippen molar-refractivity contribution in [1.29, 1.82) is 0 Å². The van der Waals surface area contributed by atoms with Gasteiger partial charge in [0.1, 0.15) is 10.6 Å². The van der Waals surface area contributed by atoms with Crippen LogP contribution in [0.2, 0.25) is 0 Å². The first kappa shape index (κ1) is 29.2. The molecule has 0 aliphatic carbocycles. The summed E-state index contributed by atoms with van der Waals surface area (Å²) in [7, 11) is -4.60. The fraction of sp³-hybridized carbons (Fsp3) is 0.280. The van der Waals surface area contributed by atoms with E-state index in [2.05, 4.69) is 4.98 Å². The second-order valence-electron chi connectivity index (χ2n) is 9.10.